The first-order valence-corrected chi connectivity index (χ1v) is 6.17. The van der Waals surface area contributed by atoms with Crippen LogP contribution in [0.15, 0.2) is 27.4 Å². The molecule has 6 nitrogen and oxygen atoms in total. The van der Waals surface area contributed by atoms with Crippen LogP contribution in [-0.4, -0.2) is 28.2 Å². The monoisotopic (exact) mass is 263 g/mol. The summed E-state index contributed by atoms with van der Waals surface area (Å²) in [7, 11) is 1.68. The molecule has 2 heterocycles. The number of aromatic nitrogens is 2. The minimum atomic E-state index is -0.223. The van der Waals surface area contributed by atoms with Crippen molar-refractivity contribution >= 4 is 5.91 Å². The molecule has 0 unspecified atom stereocenters. The molecule has 0 aliphatic carbocycles. The van der Waals surface area contributed by atoms with E-state index >= 15 is 0 Å². The Morgan fingerprint density at radius 1 is 1.42 bits per heavy atom. The normalized spacial score (nSPS) is 10.9. The smallest absolute Gasteiger partial charge is 0.292 e. The first-order chi connectivity index (χ1) is 9.06. The van der Waals surface area contributed by atoms with Gasteiger partial charge in [-0.1, -0.05) is 24.2 Å². The number of rotatable bonds is 5. The zero-order valence-corrected chi connectivity index (χ0v) is 11.3. The van der Waals surface area contributed by atoms with Gasteiger partial charge in [0.2, 0.25) is 5.76 Å². The molecule has 0 saturated carbocycles. The van der Waals surface area contributed by atoms with Gasteiger partial charge in [0.25, 0.3) is 5.91 Å². The van der Waals surface area contributed by atoms with Crippen LogP contribution in [0.3, 0.4) is 0 Å². The van der Waals surface area contributed by atoms with Gasteiger partial charge in [-0.3, -0.25) is 4.79 Å². The summed E-state index contributed by atoms with van der Waals surface area (Å²) >= 11 is 0. The van der Waals surface area contributed by atoms with E-state index in [-0.39, 0.29) is 11.7 Å². The highest BCUT2D eigenvalue weighted by molar-refractivity contribution is 5.91. The molecule has 2 aromatic rings. The van der Waals surface area contributed by atoms with Gasteiger partial charge in [-0.15, -0.1) is 0 Å². The van der Waals surface area contributed by atoms with Crippen LogP contribution in [0.5, 0.6) is 0 Å². The van der Waals surface area contributed by atoms with Crippen LogP contribution >= 0.6 is 0 Å². The molecule has 19 heavy (non-hydrogen) atoms. The number of carbonyl (C=O) groups excluding carboxylic acids is 1. The Morgan fingerprint density at radius 2 is 2.21 bits per heavy atom. The molecule has 0 fully saturated rings. The van der Waals surface area contributed by atoms with E-state index in [2.05, 4.69) is 24.2 Å². The minimum absolute atomic E-state index is 0.223. The Morgan fingerprint density at radius 3 is 2.84 bits per heavy atom. The molecule has 0 aromatic carbocycles. The van der Waals surface area contributed by atoms with Crippen molar-refractivity contribution in [3.8, 4) is 0 Å². The Hall–Kier alpha value is -2.11. The van der Waals surface area contributed by atoms with E-state index in [1.54, 1.807) is 25.4 Å². The van der Waals surface area contributed by atoms with Crippen LogP contribution < -0.4 is 0 Å². The molecule has 1 amide bonds. The van der Waals surface area contributed by atoms with Crippen molar-refractivity contribution < 1.29 is 13.8 Å². The maximum absolute atomic E-state index is 12.1. The molecule has 0 aliphatic heterocycles. The standard InChI is InChI=1S/C13H17N3O3/c1-9(2)6-10-7-12(19-15-10)13(17)16(3)8-11-4-5-14-18-11/h4-5,7,9H,6,8H2,1-3H3. The Bertz CT molecular complexity index is 531. The van der Waals surface area contributed by atoms with Crippen LogP contribution in [0.2, 0.25) is 0 Å². The van der Waals surface area contributed by atoms with Crippen molar-refractivity contribution in [1.29, 1.82) is 0 Å². The number of hydrogen-bond donors (Lipinski definition) is 0. The molecule has 2 aromatic heterocycles. The van der Waals surface area contributed by atoms with Crippen LogP contribution in [0.1, 0.15) is 35.9 Å². The van der Waals surface area contributed by atoms with Crippen molar-refractivity contribution in [2.45, 2.75) is 26.8 Å². The SMILES string of the molecule is CC(C)Cc1cc(C(=O)N(C)Cc2ccno2)on1. The van der Waals surface area contributed by atoms with Gasteiger partial charge < -0.3 is 13.9 Å². The lowest BCUT2D eigenvalue weighted by atomic mass is 10.1. The van der Waals surface area contributed by atoms with E-state index < -0.39 is 0 Å². The van der Waals surface area contributed by atoms with E-state index in [1.807, 2.05) is 0 Å². The van der Waals surface area contributed by atoms with Gasteiger partial charge in [0.1, 0.15) is 0 Å². The molecule has 0 aliphatic rings. The van der Waals surface area contributed by atoms with Crippen LogP contribution in [-0.2, 0) is 13.0 Å². The number of carbonyl (C=O) groups is 1. The maximum Gasteiger partial charge on any atom is 0.292 e. The first kappa shape index (κ1) is 13.3. The second-order valence-electron chi connectivity index (χ2n) is 4.92. The van der Waals surface area contributed by atoms with Gasteiger partial charge in [-0.05, 0) is 12.3 Å². The van der Waals surface area contributed by atoms with E-state index in [9.17, 15) is 4.79 Å². The van der Waals surface area contributed by atoms with Crippen LogP contribution in [0.25, 0.3) is 0 Å². The summed E-state index contributed by atoms with van der Waals surface area (Å²) < 4.78 is 10.0. The number of hydrogen-bond acceptors (Lipinski definition) is 5. The number of amides is 1. The molecule has 0 spiro atoms. The minimum Gasteiger partial charge on any atom is -0.360 e. The third kappa shape index (κ3) is 3.43. The van der Waals surface area contributed by atoms with Gasteiger partial charge in [0.15, 0.2) is 5.76 Å². The molecular weight excluding hydrogens is 246 g/mol. The highest BCUT2D eigenvalue weighted by Gasteiger charge is 2.18. The first-order valence-electron chi connectivity index (χ1n) is 6.17. The lowest BCUT2D eigenvalue weighted by Crippen LogP contribution is -2.25. The van der Waals surface area contributed by atoms with Crippen molar-refractivity contribution in [3.05, 3.63) is 35.5 Å². The lowest BCUT2D eigenvalue weighted by molar-refractivity contribution is 0.0730. The fourth-order valence-electron chi connectivity index (χ4n) is 1.74. The topological polar surface area (TPSA) is 72.4 Å². The summed E-state index contributed by atoms with van der Waals surface area (Å²) in [6, 6.07) is 3.41. The second-order valence-corrected chi connectivity index (χ2v) is 4.92. The quantitative estimate of drug-likeness (QED) is 0.826. The Balaban J connectivity index is 2.00. The van der Waals surface area contributed by atoms with E-state index in [0.29, 0.717) is 18.2 Å². The summed E-state index contributed by atoms with van der Waals surface area (Å²) in [5.74, 6) is 1.12. The predicted octanol–water partition coefficient (Wildman–Crippen LogP) is 2.13. The Labute approximate surface area is 111 Å². The third-order valence-corrected chi connectivity index (χ3v) is 2.62. The van der Waals surface area contributed by atoms with Crippen LogP contribution in [0.4, 0.5) is 0 Å². The zero-order chi connectivity index (χ0) is 13.8. The molecule has 0 atom stereocenters. The van der Waals surface area contributed by atoms with E-state index in [4.69, 9.17) is 9.05 Å². The summed E-state index contributed by atoms with van der Waals surface area (Å²) in [6.07, 6.45) is 2.34. The average molecular weight is 263 g/mol. The van der Waals surface area contributed by atoms with Gasteiger partial charge in [0, 0.05) is 19.2 Å². The van der Waals surface area contributed by atoms with E-state index in [0.717, 1.165) is 12.1 Å². The van der Waals surface area contributed by atoms with Gasteiger partial charge in [0.05, 0.1) is 18.4 Å². The van der Waals surface area contributed by atoms with Gasteiger partial charge in [-0.25, -0.2) is 0 Å². The summed E-state index contributed by atoms with van der Waals surface area (Å²) in [4.78, 5) is 13.6. The molecule has 0 radical (unpaired) electrons. The van der Waals surface area contributed by atoms with E-state index in [1.165, 1.54) is 4.90 Å². The predicted molar refractivity (Wildman–Crippen MR) is 67.3 cm³/mol. The average Bonchev–Trinajstić information content (AvgIpc) is 2.98. The highest BCUT2D eigenvalue weighted by atomic mass is 16.5. The van der Waals surface area contributed by atoms with Gasteiger partial charge >= 0.3 is 0 Å². The summed E-state index contributed by atoms with van der Waals surface area (Å²) in [5, 5.41) is 7.49. The molecule has 0 saturated heterocycles. The summed E-state index contributed by atoms with van der Waals surface area (Å²) in [6.45, 7) is 4.53. The molecule has 2 rings (SSSR count). The maximum atomic E-state index is 12.1. The second kappa shape index (κ2) is 5.69. The zero-order valence-electron chi connectivity index (χ0n) is 11.3. The van der Waals surface area contributed by atoms with Crippen molar-refractivity contribution in [3.63, 3.8) is 0 Å². The largest absolute Gasteiger partial charge is 0.360 e. The third-order valence-electron chi connectivity index (χ3n) is 2.62. The molecule has 0 N–H and O–H groups in total. The van der Waals surface area contributed by atoms with Gasteiger partial charge in [-0.2, -0.15) is 0 Å². The van der Waals surface area contributed by atoms with Crippen molar-refractivity contribution in [1.82, 2.24) is 15.2 Å². The van der Waals surface area contributed by atoms with Crippen LogP contribution in [0, 0.1) is 5.92 Å². The lowest BCUT2D eigenvalue weighted by Gasteiger charge is -2.12. The molecule has 102 valence electrons. The molecular formula is C13H17N3O3. The van der Waals surface area contributed by atoms with Crippen molar-refractivity contribution in [2.24, 2.45) is 5.92 Å². The number of nitrogens with zero attached hydrogens (tertiary/aromatic N) is 3. The van der Waals surface area contributed by atoms with Crippen molar-refractivity contribution in [2.75, 3.05) is 7.05 Å². The highest BCUT2D eigenvalue weighted by Crippen LogP contribution is 2.12. The fourth-order valence-corrected chi connectivity index (χ4v) is 1.74. The summed E-state index contributed by atoms with van der Waals surface area (Å²) in [5.41, 5.74) is 0.798. The molecule has 0 bridgehead atoms. The fraction of sp³-hybridized carbons (Fsp3) is 0.462. The Kier molecular flexibility index (Phi) is 3.99. The molecule has 6 heteroatoms.